The summed E-state index contributed by atoms with van der Waals surface area (Å²) in [6, 6.07) is 8.27. The van der Waals surface area contributed by atoms with Crippen LogP contribution >= 0.6 is 0 Å². The van der Waals surface area contributed by atoms with Crippen molar-refractivity contribution in [2.45, 2.75) is 12.3 Å². The number of hydrogen-bond acceptors (Lipinski definition) is 8. The Kier molecular flexibility index (Phi) is 4.71. The third-order valence-electron chi connectivity index (χ3n) is 4.78. The number of pyridine rings is 1. The first-order valence-corrected chi connectivity index (χ1v) is 8.78. The molecule has 0 amide bonds. The molecule has 1 aliphatic heterocycles. The van der Waals surface area contributed by atoms with Crippen molar-refractivity contribution in [1.29, 1.82) is 0 Å². The zero-order valence-electron chi connectivity index (χ0n) is 15.7. The van der Waals surface area contributed by atoms with Crippen LogP contribution in [0.5, 0.6) is 23.1 Å². The third-order valence-corrected chi connectivity index (χ3v) is 4.78. The van der Waals surface area contributed by atoms with Crippen molar-refractivity contribution in [3.63, 3.8) is 0 Å². The molecule has 150 valence electrons. The van der Waals surface area contributed by atoms with E-state index in [-0.39, 0.29) is 18.8 Å². The van der Waals surface area contributed by atoms with E-state index in [1.54, 1.807) is 36.5 Å². The van der Waals surface area contributed by atoms with Crippen molar-refractivity contribution in [2.24, 2.45) is 0 Å². The highest BCUT2D eigenvalue weighted by Crippen LogP contribution is 2.45. The molecule has 4 rings (SSSR count). The van der Waals surface area contributed by atoms with Gasteiger partial charge in [-0.1, -0.05) is 6.07 Å². The van der Waals surface area contributed by atoms with E-state index in [4.69, 9.17) is 18.9 Å². The standard InChI is InChI=1S/C20H18N2O7/c1-26-13-7-11(8-14-18(13)29-10-28-14)12(9-16(23)27-2)17-19(24)21-15-5-3-4-6-22(15)20(17)25/h3-8,12,24H,9-10H2,1-2H3/t12-/m1/s1. The van der Waals surface area contributed by atoms with Gasteiger partial charge in [0.25, 0.3) is 5.56 Å². The van der Waals surface area contributed by atoms with Crippen molar-refractivity contribution in [2.75, 3.05) is 21.0 Å². The molecular weight excluding hydrogens is 380 g/mol. The summed E-state index contributed by atoms with van der Waals surface area (Å²) >= 11 is 0. The highest BCUT2D eigenvalue weighted by molar-refractivity contribution is 5.72. The number of esters is 1. The molecule has 0 aliphatic carbocycles. The lowest BCUT2D eigenvalue weighted by Gasteiger charge is -2.19. The molecule has 1 atom stereocenters. The van der Waals surface area contributed by atoms with Crippen molar-refractivity contribution in [3.8, 4) is 23.1 Å². The molecule has 0 unspecified atom stereocenters. The van der Waals surface area contributed by atoms with Gasteiger partial charge in [-0.15, -0.1) is 0 Å². The van der Waals surface area contributed by atoms with Gasteiger partial charge in [0.2, 0.25) is 18.4 Å². The minimum Gasteiger partial charge on any atom is -0.493 e. The molecule has 0 saturated carbocycles. The number of benzene rings is 1. The summed E-state index contributed by atoms with van der Waals surface area (Å²) in [4.78, 5) is 29.4. The Morgan fingerprint density at radius 1 is 1.31 bits per heavy atom. The SMILES string of the molecule is COC(=O)C[C@H](c1cc(OC)c2c(c1)OCO2)c1c(O)nc2ccccn2c1=O. The molecule has 0 saturated heterocycles. The lowest BCUT2D eigenvalue weighted by Crippen LogP contribution is -2.24. The van der Waals surface area contributed by atoms with Crippen LogP contribution in [0.3, 0.4) is 0 Å². The molecular formula is C20H18N2O7. The number of hydrogen-bond donors (Lipinski definition) is 1. The van der Waals surface area contributed by atoms with Gasteiger partial charge < -0.3 is 24.1 Å². The monoisotopic (exact) mass is 398 g/mol. The highest BCUT2D eigenvalue weighted by atomic mass is 16.7. The smallest absolute Gasteiger partial charge is 0.306 e. The number of aromatic hydroxyl groups is 1. The average Bonchev–Trinajstić information content (AvgIpc) is 3.20. The fourth-order valence-electron chi connectivity index (χ4n) is 3.38. The van der Waals surface area contributed by atoms with Crippen LogP contribution in [-0.4, -0.2) is 41.5 Å². The van der Waals surface area contributed by atoms with Crippen LogP contribution in [0, 0.1) is 0 Å². The molecule has 0 bridgehead atoms. The van der Waals surface area contributed by atoms with E-state index in [0.717, 1.165) is 0 Å². The minimum atomic E-state index is -0.844. The van der Waals surface area contributed by atoms with Gasteiger partial charge in [-0.3, -0.25) is 14.0 Å². The van der Waals surface area contributed by atoms with Gasteiger partial charge in [0.1, 0.15) is 5.65 Å². The summed E-state index contributed by atoms with van der Waals surface area (Å²) in [6.45, 7) is 0.0300. The van der Waals surface area contributed by atoms with E-state index in [0.29, 0.717) is 28.5 Å². The van der Waals surface area contributed by atoms with E-state index in [1.165, 1.54) is 18.6 Å². The summed E-state index contributed by atoms with van der Waals surface area (Å²) in [5, 5.41) is 10.6. The normalized spacial score (nSPS) is 13.3. The van der Waals surface area contributed by atoms with E-state index >= 15 is 0 Å². The van der Waals surface area contributed by atoms with Gasteiger partial charge in [0.15, 0.2) is 11.5 Å². The Balaban J connectivity index is 1.94. The topological polar surface area (TPSA) is 109 Å². The summed E-state index contributed by atoms with van der Waals surface area (Å²) in [7, 11) is 2.73. The molecule has 9 nitrogen and oxygen atoms in total. The quantitative estimate of drug-likeness (QED) is 0.649. The van der Waals surface area contributed by atoms with Gasteiger partial charge in [0, 0.05) is 12.1 Å². The van der Waals surface area contributed by atoms with Crippen LogP contribution in [0.1, 0.15) is 23.5 Å². The van der Waals surface area contributed by atoms with Crippen LogP contribution in [0.15, 0.2) is 41.3 Å². The van der Waals surface area contributed by atoms with Crippen molar-refractivity contribution in [3.05, 3.63) is 58.0 Å². The minimum absolute atomic E-state index is 0.0278. The van der Waals surface area contributed by atoms with E-state index < -0.39 is 23.3 Å². The number of aromatic nitrogens is 2. The number of nitrogens with zero attached hydrogens (tertiary/aromatic N) is 2. The Hall–Kier alpha value is -3.75. The average molecular weight is 398 g/mol. The van der Waals surface area contributed by atoms with Crippen molar-refractivity contribution < 1.29 is 28.8 Å². The number of carbonyl (C=O) groups is 1. The predicted octanol–water partition coefficient (Wildman–Crippen LogP) is 1.83. The molecule has 1 N–H and O–H groups in total. The summed E-state index contributed by atoms with van der Waals surface area (Å²) in [5.41, 5.74) is 0.291. The van der Waals surface area contributed by atoms with E-state index in [2.05, 4.69) is 4.98 Å². The van der Waals surface area contributed by atoms with Gasteiger partial charge in [-0.2, -0.15) is 4.98 Å². The number of methoxy groups -OCH3 is 2. The summed E-state index contributed by atoms with van der Waals surface area (Å²) in [5.74, 6) is -0.607. The van der Waals surface area contributed by atoms with E-state index in [1.807, 2.05) is 0 Å². The molecule has 29 heavy (non-hydrogen) atoms. The number of ether oxygens (including phenoxy) is 4. The maximum absolute atomic E-state index is 13.1. The van der Waals surface area contributed by atoms with Crippen molar-refractivity contribution >= 4 is 11.6 Å². The molecule has 0 fully saturated rings. The first-order chi connectivity index (χ1) is 14.0. The number of fused-ring (bicyclic) bond motifs is 2. The van der Waals surface area contributed by atoms with Crippen LogP contribution < -0.4 is 19.8 Å². The zero-order chi connectivity index (χ0) is 20.5. The highest BCUT2D eigenvalue weighted by Gasteiger charge is 2.30. The Labute approximate surface area is 165 Å². The Bertz CT molecular complexity index is 1160. The van der Waals surface area contributed by atoms with E-state index in [9.17, 15) is 14.7 Å². The van der Waals surface area contributed by atoms with Gasteiger partial charge in [-0.25, -0.2) is 0 Å². The maximum Gasteiger partial charge on any atom is 0.306 e. The molecule has 2 aromatic heterocycles. The first-order valence-electron chi connectivity index (χ1n) is 8.78. The van der Waals surface area contributed by atoms with Crippen LogP contribution in [0.4, 0.5) is 0 Å². The predicted molar refractivity (Wildman–Crippen MR) is 101 cm³/mol. The molecule has 3 heterocycles. The molecule has 9 heteroatoms. The summed E-state index contributed by atoms with van der Waals surface area (Å²) < 4.78 is 22.3. The lowest BCUT2D eigenvalue weighted by atomic mass is 9.89. The van der Waals surface area contributed by atoms with Crippen LogP contribution in [-0.2, 0) is 9.53 Å². The molecule has 1 aromatic carbocycles. The maximum atomic E-state index is 13.1. The third kappa shape index (κ3) is 3.20. The molecule has 3 aromatic rings. The Morgan fingerprint density at radius 2 is 2.14 bits per heavy atom. The zero-order valence-corrected chi connectivity index (χ0v) is 15.7. The van der Waals surface area contributed by atoms with Gasteiger partial charge >= 0.3 is 5.97 Å². The fraction of sp³-hybridized carbons (Fsp3) is 0.250. The lowest BCUT2D eigenvalue weighted by molar-refractivity contribution is -0.140. The Morgan fingerprint density at radius 3 is 2.90 bits per heavy atom. The fourth-order valence-corrected chi connectivity index (χ4v) is 3.38. The summed E-state index contributed by atoms with van der Waals surface area (Å²) in [6.07, 6.45) is 1.35. The molecule has 0 spiro atoms. The number of carbonyl (C=O) groups excluding carboxylic acids is 1. The van der Waals surface area contributed by atoms with Crippen molar-refractivity contribution in [1.82, 2.24) is 9.38 Å². The molecule has 1 aliphatic rings. The largest absolute Gasteiger partial charge is 0.493 e. The van der Waals surface area contributed by atoms with Crippen LogP contribution in [0.2, 0.25) is 0 Å². The van der Waals surface area contributed by atoms with Gasteiger partial charge in [0.05, 0.1) is 26.2 Å². The number of rotatable bonds is 5. The second kappa shape index (κ2) is 7.34. The second-order valence-corrected chi connectivity index (χ2v) is 6.37. The second-order valence-electron chi connectivity index (χ2n) is 6.37. The van der Waals surface area contributed by atoms with Crippen LogP contribution in [0.25, 0.3) is 5.65 Å². The molecule has 0 radical (unpaired) electrons. The first kappa shape index (κ1) is 18.6. The van der Waals surface area contributed by atoms with Gasteiger partial charge in [-0.05, 0) is 29.8 Å².